The number of methoxy groups -OCH3 is 1. The molecule has 1 atom stereocenters. The van der Waals surface area contributed by atoms with E-state index in [1.165, 1.54) is 0 Å². The first-order valence-corrected chi connectivity index (χ1v) is 9.29. The van der Waals surface area contributed by atoms with Crippen LogP contribution in [-0.4, -0.2) is 40.7 Å². The molecule has 1 unspecified atom stereocenters. The first kappa shape index (κ1) is 18.7. The largest absolute Gasteiger partial charge is 0.496 e. The number of H-pyrrole nitrogens is 1. The first-order chi connectivity index (χ1) is 14.0. The number of aromatic nitrogens is 3. The van der Waals surface area contributed by atoms with E-state index in [0.717, 1.165) is 16.8 Å². The van der Waals surface area contributed by atoms with Crippen LogP contribution in [0.2, 0.25) is 0 Å². The normalized spacial score (nSPS) is 16.1. The van der Waals surface area contributed by atoms with Gasteiger partial charge in [-0.2, -0.15) is 4.98 Å². The van der Waals surface area contributed by atoms with Gasteiger partial charge in [-0.05, 0) is 31.2 Å². The molecule has 29 heavy (non-hydrogen) atoms. The molecular formula is C21H21N5O3. The van der Waals surface area contributed by atoms with Gasteiger partial charge < -0.3 is 9.64 Å². The lowest BCUT2D eigenvalue weighted by atomic mass is 10.1. The summed E-state index contributed by atoms with van der Waals surface area (Å²) in [5, 5.41) is 9.57. The Morgan fingerprint density at radius 2 is 1.97 bits per heavy atom. The molecule has 1 fully saturated rings. The average Bonchev–Trinajstić information content (AvgIpc) is 3.35. The van der Waals surface area contributed by atoms with Crippen LogP contribution in [0.3, 0.4) is 0 Å². The van der Waals surface area contributed by atoms with Crippen LogP contribution < -0.4 is 15.0 Å². The summed E-state index contributed by atoms with van der Waals surface area (Å²) in [6.07, 6.45) is 0.156. The maximum atomic E-state index is 12.7. The minimum atomic E-state index is -0.461. The zero-order valence-corrected chi connectivity index (χ0v) is 16.2. The summed E-state index contributed by atoms with van der Waals surface area (Å²) in [5.74, 6) is 0.490. The van der Waals surface area contributed by atoms with Crippen molar-refractivity contribution < 1.29 is 14.3 Å². The molecule has 2 amide bonds. The quantitative estimate of drug-likeness (QED) is 0.697. The third-order valence-corrected chi connectivity index (χ3v) is 4.92. The molecule has 8 nitrogen and oxygen atoms in total. The van der Waals surface area contributed by atoms with Gasteiger partial charge in [-0.25, -0.2) is 0 Å². The van der Waals surface area contributed by atoms with E-state index in [2.05, 4.69) is 20.5 Å². The van der Waals surface area contributed by atoms with Gasteiger partial charge in [0.2, 0.25) is 17.8 Å². The number of hydrogen-bond acceptors (Lipinski definition) is 5. The molecule has 0 radical (unpaired) electrons. The summed E-state index contributed by atoms with van der Waals surface area (Å²) in [4.78, 5) is 31.0. The maximum Gasteiger partial charge on any atom is 0.249 e. The van der Waals surface area contributed by atoms with Crippen LogP contribution in [0.15, 0.2) is 48.5 Å². The molecule has 0 aliphatic carbocycles. The van der Waals surface area contributed by atoms with E-state index >= 15 is 0 Å². The van der Waals surface area contributed by atoms with Crippen molar-refractivity contribution in [2.24, 2.45) is 5.92 Å². The van der Waals surface area contributed by atoms with Crippen LogP contribution in [0.1, 0.15) is 12.0 Å². The molecule has 1 aliphatic rings. The lowest BCUT2D eigenvalue weighted by molar-refractivity contribution is -0.122. The van der Waals surface area contributed by atoms with Gasteiger partial charge >= 0.3 is 0 Å². The van der Waals surface area contributed by atoms with Crippen LogP contribution in [-0.2, 0) is 9.59 Å². The zero-order chi connectivity index (χ0) is 20.4. The number of nitrogens with one attached hydrogen (secondary N) is 2. The standard InChI is InChI=1S/C21H21N5O3/c1-13-7-9-15(10-8-13)26-12-14(11-18(26)27)20(28)23-21-22-19(24-25-21)16-5-3-4-6-17(16)29-2/h3-10,14H,11-12H2,1-2H3,(H2,22,23,24,25,28). The molecule has 4 rings (SSSR count). The number of benzene rings is 2. The van der Waals surface area contributed by atoms with E-state index in [1.54, 1.807) is 12.0 Å². The fourth-order valence-corrected chi connectivity index (χ4v) is 3.35. The van der Waals surface area contributed by atoms with Crippen molar-refractivity contribution in [3.63, 3.8) is 0 Å². The van der Waals surface area contributed by atoms with Crippen LogP contribution >= 0.6 is 0 Å². The van der Waals surface area contributed by atoms with Crippen molar-refractivity contribution in [2.45, 2.75) is 13.3 Å². The second-order valence-electron chi connectivity index (χ2n) is 6.94. The second-order valence-corrected chi connectivity index (χ2v) is 6.94. The minimum Gasteiger partial charge on any atom is -0.496 e. The highest BCUT2D eigenvalue weighted by Gasteiger charge is 2.35. The van der Waals surface area contributed by atoms with E-state index in [9.17, 15) is 9.59 Å². The van der Waals surface area contributed by atoms with Crippen molar-refractivity contribution in [1.82, 2.24) is 15.2 Å². The van der Waals surface area contributed by atoms with Crippen LogP contribution in [0.5, 0.6) is 5.75 Å². The van der Waals surface area contributed by atoms with E-state index in [4.69, 9.17) is 4.74 Å². The number of rotatable bonds is 5. The molecule has 0 saturated carbocycles. The molecule has 2 heterocycles. The predicted molar refractivity (Wildman–Crippen MR) is 109 cm³/mol. The molecule has 0 spiro atoms. The number of para-hydroxylation sites is 1. The average molecular weight is 391 g/mol. The molecule has 2 aromatic carbocycles. The molecular weight excluding hydrogens is 370 g/mol. The third kappa shape index (κ3) is 3.82. The Kier molecular flexibility index (Phi) is 4.99. The lowest BCUT2D eigenvalue weighted by Gasteiger charge is -2.16. The Labute approximate surface area is 167 Å². The highest BCUT2D eigenvalue weighted by Crippen LogP contribution is 2.28. The molecule has 2 N–H and O–H groups in total. The summed E-state index contributed by atoms with van der Waals surface area (Å²) in [5.41, 5.74) is 2.65. The van der Waals surface area contributed by atoms with Gasteiger partial charge in [0.15, 0.2) is 5.82 Å². The maximum absolute atomic E-state index is 12.7. The number of ether oxygens (including phenoxy) is 1. The zero-order valence-electron chi connectivity index (χ0n) is 16.2. The number of nitrogens with zero attached hydrogens (tertiary/aromatic N) is 3. The highest BCUT2D eigenvalue weighted by molar-refractivity contribution is 6.03. The van der Waals surface area contributed by atoms with E-state index in [1.807, 2.05) is 55.5 Å². The van der Waals surface area contributed by atoms with E-state index in [-0.39, 0.29) is 24.2 Å². The molecule has 1 aromatic heterocycles. The lowest BCUT2D eigenvalue weighted by Crippen LogP contribution is -2.28. The van der Waals surface area contributed by atoms with Crippen LogP contribution in [0.4, 0.5) is 11.6 Å². The molecule has 8 heteroatoms. The van der Waals surface area contributed by atoms with Crippen molar-refractivity contribution >= 4 is 23.5 Å². The van der Waals surface area contributed by atoms with Gasteiger partial charge in [-0.15, -0.1) is 5.10 Å². The van der Waals surface area contributed by atoms with Gasteiger partial charge in [-0.1, -0.05) is 29.8 Å². The van der Waals surface area contributed by atoms with Crippen molar-refractivity contribution in [1.29, 1.82) is 0 Å². The summed E-state index contributed by atoms with van der Waals surface area (Å²) >= 11 is 0. The van der Waals surface area contributed by atoms with Crippen molar-refractivity contribution in [2.75, 3.05) is 23.9 Å². The van der Waals surface area contributed by atoms with Gasteiger partial charge in [0.1, 0.15) is 5.75 Å². The molecule has 148 valence electrons. The fraction of sp³-hybridized carbons (Fsp3) is 0.238. The number of aromatic amines is 1. The highest BCUT2D eigenvalue weighted by atomic mass is 16.5. The Morgan fingerprint density at radius 1 is 1.21 bits per heavy atom. The van der Waals surface area contributed by atoms with Gasteiger partial charge in [0, 0.05) is 18.7 Å². The molecule has 1 aliphatic heterocycles. The predicted octanol–water partition coefficient (Wildman–Crippen LogP) is 2.78. The van der Waals surface area contributed by atoms with Crippen LogP contribution in [0, 0.1) is 12.8 Å². The summed E-state index contributed by atoms with van der Waals surface area (Å²) in [6, 6.07) is 15.1. The SMILES string of the molecule is COc1ccccc1-c1nc(NC(=O)C2CC(=O)N(c3ccc(C)cc3)C2)n[nH]1. The topological polar surface area (TPSA) is 100 Å². The summed E-state index contributed by atoms with van der Waals surface area (Å²) < 4.78 is 5.33. The minimum absolute atomic E-state index is 0.0706. The number of anilines is 2. The van der Waals surface area contributed by atoms with E-state index < -0.39 is 5.92 Å². The number of carbonyl (C=O) groups is 2. The number of carbonyl (C=O) groups excluding carboxylic acids is 2. The monoisotopic (exact) mass is 391 g/mol. The van der Waals surface area contributed by atoms with Gasteiger partial charge in [-0.3, -0.25) is 20.0 Å². The first-order valence-electron chi connectivity index (χ1n) is 9.29. The van der Waals surface area contributed by atoms with Gasteiger partial charge in [0.05, 0.1) is 18.6 Å². The van der Waals surface area contributed by atoms with Crippen molar-refractivity contribution in [3.8, 4) is 17.1 Å². The van der Waals surface area contributed by atoms with Gasteiger partial charge in [0.25, 0.3) is 0 Å². The fourth-order valence-electron chi connectivity index (χ4n) is 3.35. The third-order valence-electron chi connectivity index (χ3n) is 4.92. The number of aryl methyl sites for hydroxylation is 1. The smallest absolute Gasteiger partial charge is 0.249 e. The Morgan fingerprint density at radius 3 is 2.72 bits per heavy atom. The molecule has 1 saturated heterocycles. The number of hydrogen-bond donors (Lipinski definition) is 2. The summed E-state index contributed by atoms with van der Waals surface area (Å²) in [7, 11) is 1.58. The molecule has 0 bridgehead atoms. The van der Waals surface area contributed by atoms with Crippen LogP contribution in [0.25, 0.3) is 11.4 Å². The Balaban J connectivity index is 1.44. The molecule has 3 aromatic rings. The second kappa shape index (κ2) is 7.75. The summed E-state index contributed by atoms with van der Waals surface area (Å²) in [6.45, 7) is 2.32. The van der Waals surface area contributed by atoms with E-state index in [0.29, 0.717) is 18.1 Å². The Hall–Kier alpha value is -3.68. The number of amides is 2. The van der Waals surface area contributed by atoms with Crippen molar-refractivity contribution in [3.05, 3.63) is 54.1 Å². The Bertz CT molecular complexity index is 1040.